The van der Waals surface area contributed by atoms with Crippen LogP contribution < -0.4 is 5.32 Å². The van der Waals surface area contributed by atoms with Crippen LogP contribution in [0, 0.1) is 11.8 Å². The summed E-state index contributed by atoms with van der Waals surface area (Å²) < 4.78 is 5.05. The van der Waals surface area contributed by atoms with E-state index in [2.05, 4.69) is 24.1 Å². The van der Waals surface area contributed by atoms with Crippen LogP contribution >= 0.6 is 0 Å². The van der Waals surface area contributed by atoms with Crippen LogP contribution in [0.2, 0.25) is 0 Å². The number of nitrogens with one attached hydrogen (secondary N) is 1. The number of carbonyl (C=O) groups is 1. The maximum atomic E-state index is 12.4. The van der Waals surface area contributed by atoms with E-state index in [-0.39, 0.29) is 11.9 Å². The van der Waals surface area contributed by atoms with Gasteiger partial charge in [-0.2, -0.15) is 0 Å². The molecule has 1 N–H and O–H groups in total. The number of amides is 1. The first kappa shape index (κ1) is 17.4. The van der Waals surface area contributed by atoms with Gasteiger partial charge in [-0.25, -0.2) is 0 Å². The van der Waals surface area contributed by atoms with Gasteiger partial charge in [0.05, 0.1) is 6.04 Å². The molecule has 0 heterocycles. The molecule has 0 aliphatic heterocycles. The number of methoxy groups -OCH3 is 1. The Hall–Kier alpha value is -0.610. The van der Waals surface area contributed by atoms with Gasteiger partial charge in [0.25, 0.3) is 0 Å². The monoisotopic (exact) mass is 284 g/mol. The van der Waals surface area contributed by atoms with E-state index in [1.807, 2.05) is 14.0 Å². The average Bonchev–Trinajstić information content (AvgIpc) is 2.43. The van der Waals surface area contributed by atoms with Gasteiger partial charge in [-0.1, -0.05) is 26.7 Å². The fourth-order valence-corrected chi connectivity index (χ4v) is 2.94. The molecule has 20 heavy (non-hydrogen) atoms. The van der Waals surface area contributed by atoms with Crippen molar-refractivity contribution in [2.45, 2.75) is 58.5 Å². The molecule has 1 amide bonds. The number of rotatable bonds is 7. The fourth-order valence-electron chi connectivity index (χ4n) is 2.94. The molecule has 0 bridgehead atoms. The Morgan fingerprint density at radius 2 is 2.10 bits per heavy atom. The third-order valence-electron chi connectivity index (χ3n) is 4.93. The maximum absolute atomic E-state index is 12.4. The summed E-state index contributed by atoms with van der Waals surface area (Å²) in [6.45, 7) is 8.18. The zero-order valence-electron chi connectivity index (χ0n) is 13.8. The second-order valence-electron chi connectivity index (χ2n) is 6.39. The highest BCUT2D eigenvalue weighted by Gasteiger charge is 2.29. The number of likely N-dealkylation sites (N-methyl/N-ethyl adjacent to an activating group) is 1. The van der Waals surface area contributed by atoms with E-state index < -0.39 is 0 Å². The van der Waals surface area contributed by atoms with Crippen LogP contribution in [0.1, 0.15) is 46.5 Å². The molecule has 4 unspecified atom stereocenters. The molecule has 4 heteroatoms. The minimum absolute atomic E-state index is 0.0729. The minimum Gasteiger partial charge on any atom is -0.385 e. The molecule has 0 aromatic heterocycles. The topological polar surface area (TPSA) is 41.6 Å². The minimum atomic E-state index is -0.0729. The van der Waals surface area contributed by atoms with Crippen molar-refractivity contribution in [3.8, 4) is 0 Å². The van der Waals surface area contributed by atoms with E-state index in [1.165, 1.54) is 12.8 Å². The molecule has 4 nitrogen and oxygen atoms in total. The first-order valence-electron chi connectivity index (χ1n) is 7.97. The lowest BCUT2D eigenvalue weighted by molar-refractivity contribution is -0.127. The number of carbonyl (C=O) groups excluding carboxylic acids is 1. The molecule has 0 radical (unpaired) electrons. The summed E-state index contributed by atoms with van der Waals surface area (Å²) in [6.07, 6.45) is 4.60. The summed E-state index contributed by atoms with van der Waals surface area (Å²) in [5.41, 5.74) is 0. The predicted molar refractivity (Wildman–Crippen MR) is 82.7 cm³/mol. The van der Waals surface area contributed by atoms with Crippen LogP contribution in [0.5, 0.6) is 0 Å². The lowest BCUT2D eigenvalue weighted by Gasteiger charge is -2.36. The average molecular weight is 284 g/mol. The molecule has 0 saturated heterocycles. The number of nitrogens with zero attached hydrogens (tertiary/aromatic N) is 1. The molecule has 4 atom stereocenters. The zero-order valence-corrected chi connectivity index (χ0v) is 13.8. The molecule has 1 aliphatic rings. The summed E-state index contributed by atoms with van der Waals surface area (Å²) in [5.74, 6) is 1.46. The van der Waals surface area contributed by atoms with Gasteiger partial charge < -0.3 is 10.1 Å². The van der Waals surface area contributed by atoms with Crippen LogP contribution in [-0.2, 0) is 9.53 Å². The highest BCUT2D eigenvalue weighted by molar-refractivity contribution is 5.81. The first-order chi connectivity index (χ1) is 9.47. The number of ether oxygens (including phenoxy) is 1. The lowest BCUT2D eigenvalue weighted by atomic mass is 9.78. The van der Waals surface area contributed by atoms with Gasteiger partial charge in [-0.05, 0) is 38.6 Å². The quantitative estimate of drug-likeness (QED) is 0.729. The van der Waals surface area contributed by atoms with E-state index >= 15 is 0 Å². The first-order valence-corrected chi connectivity index (χ1v) is 7.97. The van der Waals surface area contributed by atoms with E-state index in [4.69, 9.17) is 4.74 Å². The molecule has 1 fully saturated rings. The van der Waals surface area contributed by atoms with Gasteiger partial charge >= 0.3 is 0 Å². The molecule has 1 aliphatic carbocycles. The SMILES string of the molecule is COCCCN(C)C(C)C(=O)NC1CCCC(C)C1C. The van der Waals surface area contributed by atoms with Crippen molar-refractivity contribution in [2.75, 3.05) is 27.3 Å². The Labute approximate surface area is 124 Å². The normalized spacial score (nSPS) is 28.4. The summed E-state index contributed by atoms with van der Waals surface area (Å²) >= 11 is 0. The molecule has 0 spiro atoms. The molecule has 0 aromatic rings. The Kier molecular flexibility index (Phi) is 7.52. The second-order valence-corrected chi connectivity index (χ2v) is 6.39. The summed E-state index contributed by atoms with van der Waals surface area (Å²) in [7, 11) is 3.72. The lowest BCUT2D eigenvalue weighted by Crippen LogP contribution is -2.50. The van der Waals surface area contributed by atoms with Crippen molar-refractivity contribution in [1.29, 1.82) is 0 Å². The van der Waals surface area contributed by atoms with Gasteiger partial charge in [0.2, 0.25) is 5.91 Å². The number of hydrogen-bond acceptors (Lipinski definition) is 3. The Morgan fingerprint density at radius 3 is 2.75 bits per heavy atom. The van der Waals surface area contributed by atoms with E-state index in [9.17, 15) is 4.79 Å². The molecular formula is C16H32N2O2. The standard InChI is InChI=1S/C16H32N2O2/c1-12-8-6-9-15(13(12)2)17-16(19)14(3)18(4)10-7-11-20-5/h12-15H,6-11H2,1-5H3,(H,17,19). The van der Waals surface area contributed by atoms with Crippen LogP contribution in [0.4, 0.5) is 0 Å². The largest absolute Gasteiger partial charge is 0.385 e. The van der Waals surface area contributed by atoms with Gasteiger partial charge in [0.15, 0.2) is 0 Å². The van der Waals surface area contributed by atoms with Crippen molar-refractivity contribution in [3.05, 3.63) is 0 Å². The van der Waals surface area contributed by atoms with E-state index in [1.54, 1.807) is 7.11 Å². The molecule has 0 aromatic carbocycles. The smallest absolute Gasteiger partial charge is 0.237 e. The van der Waals surface area contributed by atoms with Crippen LogP contribution in [0.15, 0.2) is 0 Å². The van der Waals surface area contributed by atoms with E-state index in [0.29, 0.717) is 17.9 Å². The Balaban J connectivity index is 2.40. The summed E-state index contributed by atoms with van der Waals surface area (Å²) in [4.78, 5) is 14.5. The highest BCUT2D eigenvalue weighted by atomic mass is 16.5. The maximum Gasteiger partial charge on any atom is 0.237 e. The van der Waals surface area contributed by atoms with Crippen molar-refractivity contribution >= 4 is 5.91 Å². The van der Waals surface area contributed by atoms with Gasteiger partial charge in [-0.15, -0.1) is 0 Å². The molecule has 118 valence electrons. The fraction of sp³-hybridized carbons (Fsp3) is 0.938. The second kappa shape index (κ2) is 8.63. The van der Waals surface area contributed by atoms with Crippen LogP contribution in [0.3, 0.4) is 0 Å². The number of hydrogen-bond donors (Lipinski definition) is 1. The Morgan fingerprint density at radius 1 is 1.40 bits per heavy atom. The summed E-state index contributed by atoms with van der Waals surface area (Å²) in [6, 6.07) is 0.275. The van der Waals surface area contributed by atoms with E-state index in [0.717, 1.165) is 26.0 Å². The van der Waals surface area contributed by atoms with Gasteiger partial charge in [0.1, 0.15) is 0 Å². The van der Waals surface area contributed by atoms with Crippen molar-refractivity contribution in [2.24, 2.45) is 11.8 Å². The zero-order chi connectivity index (χ0) is 15.1. The van der Waals surface area contributed by atoms with Crippen molar-refractivity contribution in [3.63, 3.8) is 0 Å². The summed E-state index contributed by atoms with van der Waals surface area (Å²) in [5, 5.41) is 3.26. The molecule has 1 saturated carbocycles. The third kappa shape index (κ3) is 5.06. The Bertz CT molecular complexity index is 296. The third-order valence-corrected chi connectivity index (χ3v) is 4.93. The van der Waals surface area contributed by atoms with Crippen LogP contribution in [-0.4, -0.2) is 50.2 Å². The van der Waals surface area contributed by atoms with Gasteiger partial charge in [0, 0.05) is 26.3 Å². The molecule has 1 rings (SSSR count). The van der Waals surface area contributed by atoms with Gasteiger partial charge in [-0.3, -0.25) is 9.69 Å². The van der Waals surface area contributed by atoms with Crippen LogP contribution in [0.25, 0.3) is 0 Å². The van der Waals surface area contributed by atoms with Crippen molar-refractivity contribution in [1.82, 2.24) is 10.2 Å². The van der Waals surface area contributed by atoms with Crippen molar-refractivity contribution < 1.29 is 9.53 Å². The molecular weight excluding hydrogens is 252 g/mol. The highest BCUT2D eigenvalue weighted by Crippen LogP contribution is 2.29. The predicted octanol–water partition coefficient (Wildman–Crippen LogP) is 2.28.